The van der Waals surface area contributed by atoms with Crippen molar-refractivity contribution in [2.24, 2.45) is 0 Å². The van der Waals surface area contributed by atoms with Crippen LogP contribution in [0.2, 0.25) is 0 Å². The van der Waals surface area contributed by atoms with Crippen LogP contribution in [0.15, 0.2) is 48.3 Å². The lowest BCUT2D eigenvalue weighted by molar-refractivity contribution is -0.117. The molecule has 0 saturated carbocycles. The van der Waals surface area contributed by atoms with Gasteiger partial charge in [-0.1, -0.05) is 18.2 Å². The Labute approximate surface area is 156 Å². The van der Waals surface area contributed by atoms with Crippen LogP contribution in [0.3, 0.4) is 0 Å². The summed E-state index contributed by atoms with van der Waals surface area (Å²) in [6.07, 6.45) is 7.12. The molecule has 6 nitrogen and oxygen atoms in total. The number of nitrogens with one attached hydrogen (secondary N) is 3. The van der Waals surface area contributed by atoms with E-state index in [1.54, 1.807) is 13.2 Å². The van der Waals surface area contributed by atoms with Gasteiger partial charge in [0.2, 0.25) is 11.8 Å². The van der Waals surface area contributed by atoms with E-state index in [2.05, 4.69) is 20.6 Å². The van der Waals surface area contributed by atoms with Crippen LogP contribution < -0.4 is 10.6 Å². The Morgan fingerprint density at radius 3 is 3.00 bits per heavy atom. The first-order valence-corrected chi connectivity index (χ1v) is 8.90. The van der Waals surface area contributed by atoms with Gasteiger partial charge in [-0.3, -0.25) is 9.59 Å². The SMILES string of the molecule is CNC(=O)C(=Cc1cnc2c(c1)CCC(=O)N2)Cc1c[nH]c2ccccc12. The number of H-pyrrole nitrogens is 1. The van der Waals surface area contributed by atoms with Crippen molar-refractivity contribution in [2.45, 2.75) is 19.3 Å². The average molecular weight is 360 g/mol. The van der Waals surface area contributed by atoms with Crippen LogP contribution in [0.5, 0.6) is 0 Å². The molecule has 6 heteroatoms. The minimum Gasteiger partial charge on any atom is -0.361 e. The monoisotopic (exact) mass is 360 g/mol. The van der Waals surface area contributed by atoms with E-state index in [-0.39, 0.29) is 11.8 Å². The molecule has 136 valence electrons. The van der Waals surface area contributed by atoms with Crippen molar-refractivity contribution in [2.75, 3.05) is 12.4 Å². The Kier molecular flexibility index (Phi) is 4.46. The Balaban J connectivity index is 1.68. The highest BCUT2D eigenvalue weighted by molar-refractivity contribution is 5.99. The molecule has 0 radical (unpaired) electrons. The Morgan fingerprint density at radius 1 is 1.30 bits per heavy atom. The molecule has 4 rings (SSSR count). The number of hydrogen-bond donors (Lipinski definition) is 3. The quantitative estimate of drug-likeness (QED) is 0.625. The van der Waals surface area contributed by atoms with E-state index in [0.717, 1.165) is 27.6 Å². The number of rotatable bonds is 4. The van der Waals surface area contributed by atoms with E-state index in [1.165, 1.54) is 0 Å². The predicted octanol–water partition coefficient (Wildman–Crippen LogP) is 2.82. The topological polar surface area (TPSA) is 86.9 Å². The number of likely N-dealkylation sites (N-methyl/N-ethyl adjacent to an activating group) is 1. The minimum absolute atomic E-state index is 0.0105. The lowest BCUT2D eigenvalue weighted by Gasteiger charge is -2.16. The third-order valence-electron chi connectivity index (χ3n) is 4.78. The maximum Gasteiger partial charge on any atom is 0.247 e. The summed E-state index contributed by atoms with van der Waals surface area (Å²) in [6, 6.07) is 10.0. The number of carbonyl (C=O) groups is 2. The summed E-state index contributed by atoms with van der Waals surface area (Å²) in [7, 11) is 1.63. The second-order valence-corrected chi connectivity index (χ2v) is 6.61. The fourth-order valence-electron chi connectivity index (χ4n) is 3.40. The largest absolute Gasteiger partial charge is 0.361 e. The number of nitrogens with zero attached hydrogens (tertiary/aromatic N) is 1. The zero-order valence-corrected chi connectivity index (χ0v) is 15.0. The van der Waals surface area contributed by atoms with E-state index >= 15 is 0 Å². The zero-order valence-electron chi connectivity index (χ0n) is 15.0. The average Bonchev–Trinajstić information content (AvgIpc) is 3.10. The minimum atomic E-state index is -0.119. The number of aromatic amines is 1. The fourth-order valence-corrected chi connectivity index (χ4v) is 3.40. The standard InChI is InChI=1S/C21H20N4O2/c1-22-21(27)15(10-16-12-23-18-5-3-2-4-17(16)18)9-13-8-14-6-7-19(26)25-20(14)24-11-13/h2-5,8-9,11-12,23H,6-7,10H2,1H3,(H,22,27)(H,24,25,26). The molecule has 0 fully saturated rings. The highest BCUT2D eigenvalue weighted by atomic mass is 16.2. The summed E-state index contributed by atoms with van der Waals surface area (Å²) in [5.74, 6) is 0.483. The van der Waals surface area contributed by atoms with E-state index in [1.807, 2.05) is 42.6 Å². The first-order chi connectivity index (χ1) is 13.1. The highest BCUT2D eigenvalue weighted by Gasteiger charge is 2.17. The van der Waals surface area contributed by atoms with Gasteiger partial charge in [0, 0.05) is 48.8 Å². The zero-order chi connectivity index (χ0) is 18.8. The third-order valence-corrected chi connectivity index (χ3v) is 4.78. The van der Waals surface area contributed by atoms with Crippen LogP contribution in [0, 0.1) is 0 Å². The van der Waals surface area contributed by atoms with Crippen molar-refractivity contribution in [1.29, 1.82) is 0 Å². The van der Waals surface area contributed by atoms with Crippen LogP contribution in [0.1, 0.15) is 23.1 Å². The normalized spacial score (nSPS) is 14.0. The number of carbonyl (C=O) groups excluding carboxylic acids is 2. The number of anilines is 1. The molecule has 0 aliphatic carbocycles. The molecule has 0 unspecified atom stereocenters. The summed E-state index contributed by atoms with van der Waals surface area (Å²) in [6.45, 7) is 0. The summed E-state index contributed by atoms with van der Waals surface area (Å²) in [4.78, 5) is 31.5. The molecule has 3 heterocycles. The maximum atomic E-state index is 12.4. The first-order valence-electron chi connectivity index (χ1n) is 8.90. The van der Waals surface area contributed by atoms with E-state index in [9.17, 15) is 9.59 Å². The molecule has 1 aromatic carbocycles. The van der Waals surface area contributed by atoms with Crippen molar-refractivity contribution in [3.05, 3.63) is 65.0 Å². The van der Waals surface area contributed by atoms with Gasteiger partial charge >= 0.3 is 0 Å². The van der Waals surface area contributed by atoms with Crippen LogP contribution in [0.4, 0.5) is 5.82 Å². The summed E-state index contributed by atoms with van der Waals surface area (Å²) >= 11 is 0. The molecule has 27 heavy (non-hydrogen) atoms. The van der Waals surface area contributed by atoms with Crippen molar-refractivity contribution >= 4 is 34.6 Å². The molecule has 1 aliphatic heterocycles. The second kappa shape index (κ2) is 7.07. The van der Waals surface area contributed by atoms with Crippen molar-refractivity contribution in [1.82, 2.24) is 15.3 Å². The number of pyridine rings is 1. The second-order valence-electron chi connectivity index (χ2n) is 6.61. The van der Waals surface area contributed by atoms with Gasteiger partial charge in [-0.2, -0.15) is 0 Å². The Morgan fingerprint density at radius 2 is 2.15 bits per heavy atom. The van der Waals surface area contributed by atoms with Crippen LogP contribution >= 0.6 is 0 Å². The van der Waals surface area contributed by atoms with Gasteiger partial charge < -0.3 is 15.6 Å². The van der Waals surface area contributed by atoms with Gasteiger partial charge in [0.05, 0.1) is 0 Å². The van der Waals surface area contributed by atoms with Crippen LogP contribution in [-0.2, 0) is 22.4 Å². The Hall–Kier alpha value is -3.41. The van der Waals surface area contributed by atoms with E-state index < -0.39 is 0 Å². The molecule has 0 bridgehead atoms. The molecule has 0 atom stereocenters. The molecule has 0 saturated heterocycles. The van der Waals surface area contributed by atoms with Gasteiger partial charge in [0.1, 0.15) is 5.82 Å². The highest BCUT2D eigenvalue weighted by Crippen LogP contribution is 2.24. The number of amides is 2. The first kappa shape index (κ1) is 17.0. The molecule has 2 aromatic heterocycles. The number of aryl methyl sites for hydroxylation is 1. The van der Waals surface area contributed by atoms with Gasteiger partial charge in [-0.25, -0.2) is 4.98 Å². The summed E-state index contributed by atoms with van der Waals surface area (Å²) in [5, 5.41) is 6.61. The van der Waals surface area contributed by atoms with E-state index in [0.29, 0.717) is 30.7 Å². The van der Waals surface area contributed by atoms with Gasteiger partial charge in [-0.15, -0.1) is 0 Å². The smallest absolute Gasteiger partial charge is 0.247 e. The van der Waals surface area contributed by atoms with Gasteiger partial charge in [-0.05, 0) is 41.3 Å². The van der Waals surface area contributed by atoms with E-state index in [4.69, 9.17) is 0 Å². The Bertz CT molecular complexity index is 1060. The number of hydrogen-bond acceptors (Lipinski definition) is 3. The van der Waals surface area contributed by atoms with Gasteiger partial charge in [0.25, 0.3) is 0 Å². The molecule has 0 spiro atoms. The number of aromatic nitrogens is 2. The molecule has 1 aliphatic rings. The van der Waals surface area contributed by atoms with Crippen molar-refractivity contribution in [3.63, 3.8) is 0 Å². The lowest BCUT2D eigenvalue weighted by Crippen LogP contribution is -2.21. The number of para-hydroxylation sites is 1. The summed E-state index contributed by atoms with van der Waals surface area (Å²) < 4.78 is 0. The molecule has 3 aromatic rings. The fraction of sp³-hybridized carbons (Fsp3) is 0.190. The third kappa shape index (κ3) is 3.46. The van der Waals surface area contributed by atoms with Gasteiger partial charge in [0.15, 0.2) is 0 Å². The number of fused-ring (bicyclic) bond motifs is 2. The lowest BCUT2D eigenvalue weighted by atomic mass is 10.00. The van der Waals surface area contributed by atoms with Crippen LogP contribution in [-0.4, -0.2) is 28.8 Å². The maximum absolute atomic E-state index is 12.4. The van der Waals surface area contributed by atoms with Crippen LogP contribution in [0.25, 0.3) is 17.0 Å². The number of benzene rings is 1. The molecular formula is C21H20N4O2. The predicted molar refractivity (Wildman–Crippen MR) is 105 cm³/mol. The molecule has 2 amide bonds. The molecule has 3 N–H and O–H groups in total. The van der Waals surface area contributed by atoms with Crippen molar-refractivity contribution in [3.8, 4) is 0 Å². The summed E-state index contributed by atoms with van der Waals surface area (Å²) in [5.41, 5.74) is 4.62. The molecular weight excluding hydrogens is 340 g/mol. The van der Waals surface area contributed by atoms with Crippen molar-refractivity contribution < 1.29 is 9.59 Å².